The third-order valence-corrected chi connectivity index (χ3v) is 6.95. The largest absolute Gasteiger partial charge is 0.350 e. The first-order valence-corrected chi connectivity index (χ1v) is 10.5. The molecule has 2 aromatic rings. The molecule has 1 saturated heterocycles. The number of thioether (sulfide) groups is 1. The van der Waals surface area contributed by atoms with Gasteiger partial charge < -0.3 is 10.2 Å². The van der Waals surface area contributed by atoms with E-state index in [4.69, 9.17) is 0 Å². The second-order valence-corrected chi connectivity index (χ2v) is 8.54. The van der Waals surface area contributed by atoms with Crippen molar-refractivity contribution in [3.8, 4) is 0 Å². The highest BCUT2D eigenvalue weighted by Crippen LogP contribution is 2.33. The van der Waals surface area contributed by atoms with Crippen molar-refractivity contribution in [1.29, 1.82) is 0 Å². The van der Waals surface area contributed by atoms with E-state index in [1.54, 1.807) is 28.0 Å². The molecule has 25 heavy (non-hydrogen) atoms. The van der Waals surface area contributed by atoms with Crippen LogP contribution in [-0.2, 0) is 24.2 Å². The van der Waals surface area contributed by atoms with Gasteiger partial charge in [-0.25, -0.2) is 0 Å². The molecule has 1 N–H and O–H groups in total. The number of amides is 2. The van der Waals surface area contributed by atoms with Gasteiger partial charge in [0, 0.05) is 17.2 Å². The molecule has 2 amide bonds. The Balaban J connectivity index is 1.42. The van der Waals surface area contributed by atoms with E-state index in [9.17, 15) is 9.59 Å². The number of nitrogens with one attached hydrogen (secondary N) is 1. The van der Waals surface area contributed by atoms with Gasteiger partial charge in [0.2, 0.25) is 5.91 Å². The quantitative estimate of drug-likeness (QED) is 0.897. The fourth-order valence-corrected chi connectivity index (χ4v) is 5.70. The molecule has 130 valence electrons. The molecular weight excluding hydrogens is 352 g/mol. The zero-order valence-corrected chi connectivity index (χ0v) is 15.5. The molecule has 1 aromatic heterocycles. The van der Waals surface area contributed by atoms with E-state index in [-0.39, 0.29) is 17.9 Å². The van der Waals surface area contributed by atoms with E-state index < -0.39 is 0 Å². The fourth-order valence-electron chi connectivity index (χ4n) is 3.34. The summed E-state index contributed by atoms with van der Waals surface area (Å²) in [5.74, 6) is 1.19. The zero-order valence-electron chi connectivity index (χ0n) is 13.9. The summed E-state index contributed by atoms with van der Waals surface area (Å²) < 4.78 is 0. The Bertz CT molecular complexity index is 766. The normalized spacial score (nSPS) is 19.0. The highest BCUT2D eigenvalue weighted by Gasteiger charge is 2.36. The summed E-state index contributed by atoms with van der Waals surface area (Å²) in [6.07, 6.45) is 3.36. The Morgan fingerprint density at radius 2 is 2.04 bits per heavy atom. The predicted molar refractivity (Wildman–Crippen MR) is 102 cm³/mol. The second-order valence-electron chi connectivity index (χ2n) is 6.41. The first kappa shape index (κ1) is 16.7. The predicted octanol–water partition coefficient (Wildman–Crippen LogP) is 3.07. The third kappa shape index (κ3) is 3.46. The first-order valence-electron chi connectivity index (χ1n) is 8.54. The molecule has 2 aliphatic rings. The number of carbonyl (C=O) groups excluding carboxylic acids is 2. The van der Waals surface area contributed by atoms with Crippen molar-refractivity contribution in [2.75, 3.05) is 11.6 Å². The number of thiophene rings is 1. The molecule has 0 radical (unpaired) electrons. The number of fused-ring (bicyclic) bond motifs is 1. The minimum atomic E-state index is -0.377. The molecule has 0 bridgehead atoms. The van der Waals surface area contributed by atoms with Crippen molar-refractivity contribution < 1.29 is 9.59 Å². The highest BCUT2D eigenvalue weighted by atomic mass is 32.2. The van der Waals surface area contributed by atoms with Crippen LogP contribution in [0.2, 0.25) is 0 Å². The molecular formula is C19H20N2O2S2. The number of carbonyl (C=O) groups is 2. The lowest BCUT2D eigenvalue weighted by Crippen LogP contribution is -2.46. The number of nitrogens with zero attached hydrogens (tertiary/aromatic N) is 1. The van der Waals surface area contributed by atoms with E-state index in [0.29, 0.717) is 18.2 Å². The molecule has 1 fully saturated rings. The van der Waals surface area contributed by atoms with Crippen molar-refractivity contribution >= 4 is 34.9 Å². The molecule has 2 heterocycles. The summed E-state index contributed by atoms with van der Waals surface area (Å²) in [7, 11) is 0. The standard InChI is InChI=1S/C19H20N2O2S2/c22-18(20-10-13-5-2-1-3-6-13)15-11-24-12-21(15)19(23)17-9-14-7-4-8-16(14)25-17/h1-3,5-6,9,15H,4,7-8,10-12H2,(H,20,22)/t15-/m1/s1. The summed E-state index contributed by atoms with van der Waals surface area (Å²) in [4.78, 5) is 29.3. The minimum absolute atomic E-state index is 0.00395. The highest BCUT2D eigenvalue weighted by molar-refractivity contribution is 7.99. The lowest BCUT2D eigenvalue weighted by Gasteiger charge is -2.22. The van der Waals surface area contributed by atoms with Gasteiger partial charge >= 0.3 is 0 Å². The van der Waals surface area contributed by atoms with Crippen molar-refractivity contribution in [3.63, 3.8) is 0 Å². The molecule has 1 aliphatic carbocycles. The van der Waals surface area contributed by atoms with Crippen LogP contribution >= 0.6 is 23.1 Å². The Morgan fingerprint density at radius 3 is 2.84 bits per heavy atom. The van der Waals surface area contributed by atoms with Crippen LogP contribution in [-0.4, -0.2) is 34.4 Å². The molecule has 1 aliphatic heterocycles. The van der Waals surface area contributed by atoms with Crippen LogP contribution in [0.3, 0.4) is 0 Å². The van der Waals surface area contributed by atoms with E-state index in [0.717, 1.165) is 23.3 Å². The van der Waals surface area contributed by atoms with Gasteiger partial charge in [-0.3, -0.25) is 9.59 Å². The third-order valence-electron chi connectivity index (χ3n) is 4.71. The number of hydrogen-bond donors (Lipinski definition) is 1. The smallest absolute Gasteiger partial charge is 0.265 e. The molecule has 0 spiro atoms. The Labute approximate surface area is 155 Å². The maximum atomic E-state index is 12.9. The Hall–Kier alpha value is -1.79. The number of rotatable bonds is 4. The van der Waals surface area contributed by atoms with E-state index in [1.807, 2.05) is 36.4 Å². The summed E-state index contributed by atoms with van der Waals surface area (Å²) in [6.45, 7) is 0.496. The minimum Gasteiger partial charge on any atom is -0.350 e. The summed E-state index contributed by atoms with van der Waals surface area (Å²) in [6, 6.07) is 11.5. The topological polar surface area (TPSA) is 49.4 Å². The van der Waals surface area contributed by atoms with Crippen molar-refractivity contribution in [3.05, 3.63) is 57.3 Å². The van der Waals surface area contributed by atoms with Gasteiger partial charge in [0.05, 0.1) is 10.8 Å². The number of aryl methyl sites for hydroxylation is 2. The van der Waals surface area contributed by atoms with Gasteiger partial charge in [-0.2, -0.15) is 0 Å². The van der Waals surface area contributed by atoms with E-state index in [2.05, 4.69) is 5.32 Å². The number of benzene rings is 1. The van der Waals surface area contributed by atoms with Gasteiger partial charge in [-0.1, -0.05) is 30.3 Å². The van der Waals surface area contributed by atoms with Crippen molar-refractivity contribution in [2.45, 2.75) is 31.8 Å². The van der Waals surface area contributed by atoms with Crippen molar-refractivity contribution in [2.24, 2.45) is 0 Å². The average Bonchev–Trinajstić information content (AvgIpc) is 3.35. The first-order chi connectivity index (χ1) is 12.2. The van der Waals surface area contributed by atoms with E-state index >= 15 is 0 Å². The van der Waals surface area contributed by atoms with Gasteiger partial charge in [0.1, 0.15) is 6.04 Å². The fraction of sp³-hybridized carbons (Fsp3) is 0.368. The summed E-state index contributed by atoms with van der Waals surface area (Å²) >= 11 is 3.25. The van der Waals surface area contributed by atoms with Gasteiger partial charge in [0.15, 0.2) is 0 Å². The van der Waals surface area contributed by atoms with Crippen LogP contribution in [0.4, 0.5) is 0 Å². The van der Waals surface area contributed by atoms with Gasteiger partial charge in [-0.15, -0.1) is 23.1 Å². The number of hydrogen-bond acceptors (Lipinski definition) is 4. The molecule has 1 aromatic carbocycles. The maximum Gasteiger partial charge on any atom is 0.265 e. The Morgan fingerprint density at radius 1 is 1.20 bits per heavy atom. The van der Waals surface area contributed by atoms with Crippen LogP contribution < -0.4 is 5.32 Å². The van der Waals surface area contributed by atoms with Crippen LogP contribution in [0.5, 0.6) is 0 Å². The van der Waals surface area contributed by atoms with Gasteiger partial charge in [-0.05, 0) is 36.5 Å². The van der Waals surface area contributed by atoms with Gasteiger partial charge in [0.25, 0.3) is 5.91 Å². The van der Waals surface area contributed by atoms with Crippen LogP contribution in [0.15, 0.2) is 36.4 Å². The lowest BCUT2D eigenvalue weighted by atomic mass is 10.2. The van der Waals surface area contributed by atoms with E-state index in [1.165, 1.54) is 16.9 Å². The van der Waals surface area contributed by atoms with Crippen molar-refractivity contribution in [1.82, 2.24) is 10.2 Å². The molecule has 4 nitrogen and oxygen atoms in total. The molecule has 6 heteroatoms. The molecule has 4 rings (SSSR count). The monoisotopic (exact) mass is 372 g/mol. The zero-order chi connectivity index (χ0) is 17.2. The molecule has 0 saturated carbocycles. The molecule has 1 atom stereocenters. The maximum absolute atomic E-state index is 12.9. The average molecular weight is 373 g/mol. The molecule has 0 unspecified atom stereocenters. The van der Waals surface area contributed by atoms with Crippen LogP contribution in [0.1, 0.15) is 32.1 Å². The SMILES string of the molecule is O=C(NCc1ccccc1)[C@H]1CSCN1C(=O)c1cc2c(s1)CCC2. The van der Waals surface area contributed by atoms with Crippen LogP contribution in [0.25, 0.3) is 0 Å². The lowest BCUT2D eigenvalue weighted by molar-refractivity contribution is -0.124. The summed E-state index contributed by atoms with van der Waals surface area (Å²) in [5.41, 5.74) is 2.39. The Kier molecular flexibility index (Phi) is 4.81. The summed E-state index contributed by atoms with van der Waals surface area (Å²) in [5, 5.41) is 2.97. The van der Waals surface area contributed by atoms with Crippen LogP contribution in [0, 0.1) is 0 Å². The second kappa shape index (κ2) is 7.22.